The van der Waals surface area contributed by atoms with Gasteiger partial charge in [0.05, 0.1) is 0 Å². The predicted octanol–water partition coefficient (Wildman–Crippen LogP) is 2.22. The van der Waals surface area contributed by atoms with Crippen molar-refractivity contribution in [2.45, 2.75) is 25.4 Å². The molecule has 2 aromatic rings. The first-order valence-electron chi connectivity index (χ1n) is 8.99. The summed E-state index contributed by atoms with van der Waals surface area (Å²) >= 11 is 0. The maximum Gasteiger partial charge on any atom is 0.254 e. The third-order valence-electron chi connectivity index (χ3n) is 4.88. The highest BCUT2D eigenvalue weighted by Gasteiger charge is 2.41. The van der Waals surface area contributed by atoms with Crippen molar-refractivity contribution >= 4 is 11.8 Å². The minimum absolute atomic E-state index is 0.0144. The fraction of sp³-hybridized carbons (Fsp3) is 0.333. The van der Waals surface area contributed by atoms with Gasteiger partial charge in [-0.15, -0.1) is 0 Å². The molecule has 2 N–H and O–H groups in total. The zero-order valence-electron chi connectivity index (χ0n) is 14.7. The van der Waals surface area contributed by atoms with Crippen LogP contribution >= 0.6 is 0 Å². The molecule has 1 heterocycles. The molecule has 0 spiro atoms. The smallest absolute Gasteiger partial charge is 0.254 e. The highest BCUT2D eigenvalue weighted by Crippen LogP contribution is 2.29. The molecule has 1 aliphatic heterocycles. The Morgan fingerprint density at radius 1 is 1.04 bits per heavy atom. The number of amides is 2. The van der Waals surface area contributed by atoms with Crippen LogP contribution in [0.3, 0.4) is 0 Å². The van der Waals surface area contributed by atoms with E-state index in [0.29, 0.717) is 25.1 Å². The van der Waals surface area contributed by atoms with Crippen molar-refractivity contribution in [1.29, 1.82) is 0 Å². The standard InChI is InChI=1S/C21H24N2O3/c24-14-12-17-11-13-23(21(26)18-9-5-2-6-10-18)19(17)20(25)22-15-16-7-3-1-4-8-16/h1-10,17,19,24H,11-15H2,(H,22,25)/t17-,19+/m0/s1. The molecule has 1 saturated heterocycles. The number of hydrogen-bond donors (Lipinski definition) is 2. The third kappa shape index (κ3) is 4.11. The van der Waals surface area contributed by atoms with Gasteiger partial charge in [-0.3, -0.25) is 9.59 Å². The van der Waals surface area contributed by atoms with Crippen molar-refractivity contribution in [3.63, 3.8) is 0 Å². The molecule has 136 valence electrons. The first-order chi connectivity index (χ1) is 12.7. The Hall–Kier alpha value is -2.66. The molecule has 0 unspecified atom stereocenters. The second-order valence-electron chi connectivity index (χ2n) is 6.57. The van der Waals surface area contributed by atoms with Gasteiger partial charge in [-0.1, -0.05) is 48.5 Å². The van der Waals surface area contributed by atoms with Gasteiger partial charge >= 0.3 is 0 Å². The zero-order chi connectivity index (χ0) is 18.4. The molecule has 1 fully saturated rings. The normalized spacial score (nSPS) is 19.3. The Bertz CT molecular complexity index is 733. The van der Waals surface area contributed by atoms with Gasteiger partial charge in [-0.05, 0) is 36.5 Å². The van der Waals surface area contributed by atoms with E-state index in [1.54, 1.807) is 17.0 Å². The maximum atomic E-state index is 12.9. The summed E-state index contributed by atoms with van der Waals surface area (Å²) in [6, 6.07) is 18.2. The van der Waals surface area contributed by atoms with Gasteiger partial charge in [0.25, 0.3) is 5.91 Å². The summed E-state index contributed by atoms with van der Waals surface area (Å²) in [5, 5.41) is 12.3. The molecule has 3 rings (SSSR count). The van der Waals surface area contributed by atoms with Crippen molar-refractivity contribution in [3.05, 3.63) is 71.8 Å². The van der Waals surface area contributed by atoms with Gasteiger partial charge in [0, 0.05) is 25.3 Å². The number of carbonyl (C=O) groups is 2. The van der Waals surface area contributed by atoms with Crippen LogP contribution in [0.4, 0.5) is 0 Å². The molecule has 2 atom stereocenters. The molecule has 0 bridgehead atoms. The fourth-order valence-corrected chi connectivity index (χ4v) is 3.54. The lowest BCUT2D eigenvalue weighted by atomic mass is 9.96. The molecular weight excluding hydrogens is 328 g/mol. The van der Waals surface area contributed by atoms with Gasteiger partial charge in [0.2, 0.25) is 5.91 Å². The summed E-state index contributed by atoms with van der Waals surface area (Å²) in [7, 11) is 0. The van der Waals surface area contributed by atoms with Gasteiger partial charge in [0.15, 0.2) is 0 Å². The van der Waals surface area contributed by atoms with Gasteiger partial charge in [-0.2, -0.15) is 0 Å². The lowest BCUT2D eigenvalue weighted by Gasteiger charge is -2.27. The maximum absolute atomic E-state index is 12.9. The second-order valence-corrected chi connectivity index (χ2v) is 6.57. The van der Waals surface area contributed by atoms with E-state index in [-0.39, 0.29) is 24.3 Å². The van der Waals surface area contributed by atoms with Crippen molar-refractivity contribution in [2.24, 2.45) is 5.92 Å². The topological polar surface area (TPSA) is 69.6 Å². The Labute approximate surface area is 153 Å². The molecule has 5 heteroatoms. The molecule has 0 saturated carbocycles. The number of rotatable bonds is 6. The molecule has 0 aromatic heterocycles. The number of carbonyl (C=O) groups excluding carboxylic acids is 2. The Balaban J connectivity index is 1.74. The number of aliphatic hydroxyl groups is 1. The minimum atomic E-state index is -0.543. The number of aliphatic hydroxyl groups excluding tert-OH is 1. The van der Waals surface area contributed by atoms with Crippen LogP contribution in [-0.2, 0) is 11.3 Å². The Morgan fingerprint density at radius 2 is 1.69 bits per heavy atom. The van der Waals surface area contributed by atoms with Crippen LogP contribution in [0.25, 0.3) is 0 Å². The van der Waals surface area contributed by atoms with Crippen LogP contribution in [0.2, 0.25) is 0 Å². The largest absolute Gasteiger partial charge is 0.396 e. The number of nitrogens with one attached hydrogen (secondary N) is 1. The summed E-state index contributed by atoms with van der Waals surface area (Å²) in [5.74, 6) is -0.316. The monoisotopic (exact) mass is 352 g/mol. The lowest BCUT2D eigenvalue weighted by Crippen LogP contribution is -2.48. The van der Waals surface area contributed by atoms with Crippen molar-refractivity contribution in [1.82, 2.24) is 10.2 Å². The highest BCUT2D eigenvalue weighted by atomic mass is 16.3. The second kappa shape index (κ2) is 8.63. The van der Waals surface area contributed by atoms with Crippen molar-refractivity contribution in [2.75, 3.05) is 13.2 Å². The lowest BCUT2D eigenvalue weighted by molar-refractivity contribution is -0.126. The van der Waals surface area contributed by atoms with Crippen molar-refractivity contribution < 1.29 is 14.7 Å². The van der Waals surface area contributed by atoms with E-state index >= 15 is 0 Å². The first-order valence-corrected chi connectivity index (χ1v) is 8.99. The van der Waals surface area contributed by atoms with E-state index in [4.69, 9.17) is 0 Å². The quantitative estimate of drug-likeness (QED) is 0.837. The van der Waals surface area contributed by atoms with Crippen LogP contribution in [0.5, 0.6) is 0 Å². The van der Waals surface area contributed by atoms with Crippen LogP contribution in [0.15, 0.2) is 60.7 Å². The Morgan fingerprint density at radius 3 is 2.35 bits per heavy atom. The summed E-state index contributed by atoms with van der Waals surface area (Å²) in [4.78, 5) is 27.4. The summed E-state index contributed by atoms with van der Waals surface area (Å²) < 4.78 is 0. The molecular formula is C21H24N2O3. The average Bonchev–Trinajstić information content (AvgIpc) is 3.11. The van der Waals surface area contributed by atoms with Crippen LogP contribution < -0.4 is 5.32 Å². The first kappa shape index (κ1) is 18.1. The highest BCUT2D eigenvalue weighted by molar-refractivity contribution is 5.98. The molecule has 0 aliphatic carbocycles. The van der Waals surface area contributed by atoms with E-state index in [1.807, 2.05) is 48.5 Å². The molecule has 2 aromatic carbocycles. The van der Waals surface area contributed by atoms with Gasteiger partial charge in [-0.25, -0.2) is 0 Å². The summed E-state index contributed by atoms with van der Waals surface area (Å²) in [6.07, 6.45) is 1.24. The van der Waals surface area contributed by atoms with Gasteiger partial charge in [0.1, 0.15) is 6.04 Å². The zero-order valence-corrected chi connectivity index (χ0v) is 14.7. The van der Waals surface area contributed by atoms with E-state index in [9.17, 15) is 14.7 Å². The van der Waals surface area contributed by atoms with Gasteiger partial charge < -0.3 is 15.3 Å². The molecule has 1 aliphatic rings. The van der Waals surface area contributed by atoms with Crippen LogP contribution in [0.1, 0.15) is 28.8 Å². The number of likely N-dealkylation sites (tertiary alicyclic amines) is 1. The average molecular weight is 352 g/mol. The van der Waals surface area contributed by atoms with Crippen LogP contribution in [0, 0.1) is 5.92 Å². The predicted molar refractivity (Wildman–Crippen MR) is 99.4 cm³/mol. The molecule has 0 radical (unpaired) electrons. The molecule has 26 heavy (non-hydrogen) atoms. The number of benzene rings is 2. The molecule has 5 nitrogen and oxygen atoms in total. The van der Waals surface area contributed by atoms with Crippen molar-refractivity contribution in [3.8, 4) is 0 Å². The summed E-state index contributed by atoms with van der Waals surface area (Å²) in [5.41, 5.74) is 1.59. The number of nitrogens with zero attached hydrogens (tertiary/aromatic N) is 1. The third-order valence-corrected chi connectivity index (χ3v) is 4.88. The van der Waals surface area contributed by atoms with E-state index in [0.717, 1.165) is 12.0 Å². The SMILES string of the molecule is O=C(NCc1ccccc1)[C@H]1[C@H](CCO)CCN1C(=O)c1ccccc1. The minimum Gasteiger partial charge on any atom is -0.396 e. The number of hydrogen-bond acceptors (Lipinski definition) is 3. The Kier molecular flexibility index (Phi) is 6.02. The summed E-state index contributed by atoms with van der Waals surface area (Å²) in [6.45, 7) is 0.970. The fourth-order valence-electron chi connectivity index (χ4n) is 3.54. The van der Waals surface area contributed by atoms with E-state index < -0.39 is 6.04 Å². The molecule has 2 amide bonds. The van der Waals surface area contributed by atoms with E-state index in [1.165, 1.54) is 0 Å². The van der Waals surface area contributed by atoms with E-state index in [2.05, 4.69) is 5.32 Å². The van der Waals surface area contributed by atoms with Crippen LogP contribution in [-0.4, -0.2) is 41.0 Å².